The van der Waals surface area contributed by atoms with Crippen molar-refractivity contribution in [3.05, 3.63) is 0 Å². The Hall–Kier alpha value is -0.800. The van der Waals surface area contributed by atoms with Crippen LogP contribution in [0, 0.1) is 0 Å². The van der Waals surface area contributed by atoms with Gasteiger partial charge in [-0.3, -0.25) is 18.0 Å². The molecule has 0 aromatic heterocycles. The van der Waals surface area contributed by atoms with Crippen molar-refractivity contribution in [2.24, 2.45) is 0 Å². The molecule has 7 nitrogen and oxygen atoms in total. The van der Waals surface area contributed by atoms with Crippen molar-refractivity contribution in [2.75, 3.05) is 18.1 Å². The van der Waals surface area contributed by atoms with E-state index in [1.165, 1.54) is 6.26 Å². The second-order valence-corrected chi connectivity index (χ2v) is 7.27. The molecule has 2 atom stereocenters. The average molecular weight is 356 g/mol. The van der Waals surface area contributed by atoms with Crippen molar-refractivity contribution in [3.63, 3.8) is 0 Å². The van der Waals surface area contributed by atoms with E-state index in [-0.39, 0.29) is 36.8 Å². The highest BCUT2D eigenvalue weighted by atomic mass is 32.2. The van der Waals surface area contributed by atoms with Gasteiger partial charge in [0, 0.05) is 19.1 Å². The maximum absolute atomic E-state index is 11.4. The fourth-order valence-corrected chi connectivity index (χ4v) is 2.37. The van der Waals surface area contributed by atoms with Crippen LogP contribution < -0.4 is 0 Å². The van der Waals surface area contributed by atoms with Crippen LogP contribution in [0.25, 0.3) is 0 Å². The fraction of sp³-hybridized carbons (Fsp3) is 0.846. The first-order chi connectivity index (χ1) is 10.3. The van der Waals surface area contributed by atoms with Gasteiger partial charge in [-0.1, -0.05) is 6.42 Å². The molecule has 0 N–H and O–H groups in total. The standard InChI is InChI=1S/C13H24O7S2/c1-11(2)20-22(17)10-19-13(15)8-6-4-5-7-12(14)18-9-21(3)16/h11H,4-10H2,1-3H3. The smallest absolute Gasteiger partial charge is 0.306 e. The van der Waals surface area contributed by atoms with Crippen LogP contribution in [0.2, 0.25) is 0 Å². The van der Waals surface area contributed by atoms with Gasteiger partial charge in [0.05, 0.1) is 16.9 Å². The Morgan fingerprint density at radius 3 is 1.86 bits per heavy atom. The van der Waals surface area contributed by atoms with Crippen molar-refractivity contribution in [2.45, 2.75) is 52.1 Å². The molecule has 0 aliphatic rings. The first kappa shape index (κ1) is 21.2. The summed E-state index contributed by atoms with van der Waals surface area (Å²) in [6.07, 6.45) is 3.53. The lowest BCUT2D eigenvalue weighted by atomic mass is 10.1. The minimum absolute atomic E-state index is 0.0826. The number of esters is 2. The SMILES string of the molecule is CC(C)OS(=O)COC(=O)CCCCCC(=O)OCS(C)=O. The summed E-state index contributed by atoms with van der Waals surface area (Å²) in [5, 5.41) is 0. The third-order valence-electron chi connectivity index (χ3n) is 2.26. The lowest BCUT2D eigenvalue weighted by molar-refractivity contribution is -0.142. The van der Waals surface area contributed by atoms with Crippen molar-refractivity contribution in [1.82, 2.24) is 0 Å². The van der Waals surface area contributed by atoms with E-state index >= 15 is 0 Å². The average Bonchev–Trinajstić information content (AvgIpc) is 2.41. The second kappa shape index (κ2) is 12.7. The highest BCUT2D eigenvalue weighted by molar-refractivity contribution is 7.84. The van der Waals surface area contributed by atoms with E-state index in [4.69, 9.17) is 13.7 Å². The lowest BCUT2D eigenvalue weighted by Crippen LogP contribution is -2.14. The Bertz CT molecular complexity index is 396. The van der Waals surface area contributed by atoms with Gasteiger partial charge in [-0.15, -0.1) is 0 Å². The molecule has 0 fully saturated rings. The molecule has 0 heterocycles. The van der Waals surface area contributed by atoms with Crippen LogP contribution in [0.5, 0.6) is 0 Å². The normalized spacial score (nSPS) is 13.6. The maximum atomic E-state index is 11.4. The summed E-state index contributed by atoms with van der Waals surface area (Å²) in [7, 11) is -1.15. The molecule has 22 heavy (non-hydrogen) atoms. The summed E-state index contributed by atoms with van der Waals surface area (Å²) in [6, 6.07) is 0. The third-order valence-corrected chi connectivity index (χ3v) is 3.62. The molecule has 0 amide bonds. The zero-order chi connectivity index (χ0) is 17.0. The number of ether oxygens (including phenoxy) is 2. The van der Waals surface area contributed by atoms with Gasteiger partial charge in [0.25, 0.3) is 0 Å². The summed E-state index contributed by atoms with van der Waals surface area (Å²) in [6.45, 7) is 3.48. The third kappa shape index (κ3) is 14.2. The topological polar surface area (TPSA) is 96.0 Å². The van der Waals surface area contributed by atoms with Gasteiger partial charge in [-0.25, -0.2) is 4.21 Å². The van der Waals surface area contributed by atoms with Gasteiger partial charge in [0.15, 0.2) is 23.0 Å². The molecule has 0 aliphatic carbocycles. The molecular weight excluding hydrogens is 332 g/mol. The van der Waals surface area contributed by atoms with Crippen LogP contribution in [-0.2, 0) is 45.1 Å². The molecule has 0 aromatic carbocycles. The summed E-state index contributed by atoms with van der Waals surface area (Å²) in [5.74, 6) is -1.18. The van der Waals surface area contributed by atoms with Gasteiger partial charge in [-0.05, 0) is 26.7 Å². The minimum Gasteiger partial charge on any atom is -0.452 e. The Morgan fingerprint density at radius 1 is 0.909 bits per heavy atom. The minimum atomic E-state index is -1.62. The molecule has 0 bridgehead atoms. The number of carbonyl (C=O) groups excluding carboxylic acids is 2. The van der Waals surface area contributed by atoms with Crippen LogP contribution in [0.15, 0.2) is 0 Å². The molecular formula is C13H24O7S2. The van der Waals surface area contributed by atoms with E-state index in [9.17, 15) is 18.0 Å². The predicted octanol–water partition coefficient (Wildman–Crippen LogP) is 1.41. The first-order valence-electron chi connectivity index (χ1n) is 6.98. The summed E-state index contributed by atoms with van der Waals surface area (Å²) >= 11 is -1.62. The number of rotatable bonds is 12. The Morgan fingerprint density at radius 2 is 1.41 bits per heavy atom. The van der Waals surface area contributed by atoms with Crippen molar-refractivity contribution in [3.8, 4) is 0 Å². The summed E-state index contributed by atoms with van der Waals surface area (Å²) in [4.78, 5) is 22.6. The number of hydrogen-bond donors (Lipinski definition) is 0. The van der Waals surface area contributed by atoms with Gasteiger partial charge < -0.3 is 9.47 Å². The van der Waals surface area contributed by atoms with Gasteiger partial charge in [-0.2, -0.15) is 0 Å². The Labute approximate surface area is 136 Å². The molecule has 0 rings (SSSR count). The first-order valence-corrected chi connectivity index (χ1v) is 9.95. The quantitative estimate of drug-likeness (QED) is 0.385. The maximum Gasteiger partial charge on any atom is 0.306 e. The van der Waals surface area contributed by atoms with Crippen LogP contribution in [0.4, 0.5) is 0 Å². The predicted molar refractivity (Wildman–Crippen MR) is 83.4 cm³/mol. The van der Waals surface area contributed by atoms with E-state index in [0.717, 1.165) is 0 Å². The van der Waals surface area contributed by atoms with Gasteiger partial charge in [0.2, 0.25) is 0 Å². The number of carbonyl (C=O) groups is 2. The Kier molecular flexibility index (Phi) is 12.3. The van der Waals surface area contributed by atoms with Crippen molar-refractivity contribution >= 4 is 33.8 Å². The highest BCUT2D eigenvalue weighted by Gasteiger charge is 2.09. The van der Waals surface area contributed by atoms with Gasteiger partial charge in [0.1, 0.15) is 0 Å². The summed E-state index contributed by atoms with van der Waals surface area (Å²) in [5.41, 5.74) is 0. The molecule has 0 spiro atoms. The molecule has 9 heteroatoms. The van der Waals surface area contributed by atoms with Gasteiger partial charge >= 0.3 is 11.9 Å². The van der Waals surface area contributed by atoms with E-state index in [1.807, 2.05) is 0 Å². The fourth-order valence-electron chi connectivity index (χ4n) is 1.36. The molecule has 0 radical (unpaired) electrons. The van der Waals surface area contributed by atoms with E-state index in [1.54, 1.807) is 13.8 Å². The van der Waals surface area contributed by atoms with Crippen LogP contribution >= 0.6 is 0 Å². The van der Waals surface area contributed by atoms with E-state index in [0.29, 0.717) is 19.3 Å². The molecule has 2 unspecified atom stereocenters. The van der Waals surface area contributed by atoms with E-state index < -0.39 is 27.8 Å². The molecule has 0 aliphatic heterocycles. The summed E-state index contributed by atoms with van der Waals surface area (Å²) < 4.78 is 36.5. The lowest BCUT2D eigenvalue weighted by Gasteiger charge is -2.07. The van der Waals surface area contributed by atoms with Crippen LogP contribution in [0.1, 0.15) is 46.0 Å². The van der Waals surface area contributed by atoms with Crippen LogP contribution in [-0.4, -0.2) is 44.6 Å². The zero-order valence-corrected chi connectivity index (χ0v) is 14.8. The monoisotopic (exact) mass is 356 g/mol. The van der Waals surface area contributed by atoms with Crippen LogP contribution in [0.3, 0.4) is 0 Å². The second-order valence-electron chi connectivity index (χ2n) is 4.85. The Balaban J connectivity index is 3.54. The molecule has 0 saturated heterocycles. The largest absolute Gasteiger partial charge is 0.452 e. The molecule has 0 aromatic rings. The van der Waals surface area contributed by atoms with Crippen molar-refractivity contribution < 1.29 is 31.7 Å². The zero-order valence-electron chi connectivity index (χ0n) is 13.2. The van der Waals surface area contributed by atoms with Crippen molar-refractivity contribution in [1.29, 1.82) is 0 Å². The molecule has 0 saturated carbocycles. The number of unbranched alkanes of at least 4 members (excludes halogenated alkanes) is 2. The highest BCUT2D eigenvalue weighted by Crippen LogP contribution is 2.06. The van der Waals surface area contributed by atoms with E-state index in [2.05, 4.69) is 0 Å². The molecule has 130 valence electrons. The number of hydrogen-bond acceptors (Lipinski definition) is 7.